The number of carbonyl (C=O) groups excluding carboxylic acids is 1. The summed E-state index contributed by atoms with van der Waals surface area (Å²) in [5, 5.41) is 12.1. The van der Waals surface area contributed by atoms with Crippen molar-refractivity contribution in [1.82, 2.24) is 5.32 Å². The molecule has 3 rings (SSSR count). The molecule has 0 saturated heterocycles. The van der Waals surface area contributed by atoms with Crippen LogP contribution in [0, 0.1) is 0 Å². The fourth-order valence-corrected chi connectivity index (χ4v) is 3.32. The minimum Gasteiger partial charge on any atom is -0.480 e. The van der Waals surface area contributed by atoms with Crippen molar-refractivity contribution in [2.45, 2.75) is 31.2 Å². The average Bonchev–Trinajstić information content (AvgIpc) is 3.07. The average molecular weight is 356 g/mol. The number of rotatable bonds is 3. The third kappa shape index (κ3) is 2.46. The van der Waals surface area contributed by atoms with Crippen LogP contribution in [0.1, 0.15) is 36.0 Å². The van der Waals surface area contributed by atoms with E-state index in [2.05, 4.69) is 21.2 Å². The van der Waals surface area contributed by atoms with Gasteiger partial charge in [-0.2, -0.15) is 0 Å². The third-order valence-electron chi connectivity index (χ3n) is 3.91. The SMILES string of the molecule is O=C(NC1(C(=O)O)CCCC1)c1cc(Br)c2c(c1)OCO2. The molecule has 0 unspecified atom stereocenters. The van der Waals surface area contributed by atoms with E-state index >= 15 is 0 Å². The summed E-state index contributed by atoms with van der Waals surface area (Å²) in [5.41, 5.74) is -0.807. The van der Waals surface area contributed by atoms with Crippen LogP contribution in [-0.2, 0) is 4.79 Å². The third-order valence-corrected chi connectivity index (χ3v) is 4.50. The van der Waals surface area contributed by atoms with Crippen molar-refractivity contribution in [1.29, 1.82) is 0 Å². The van der Waals surface area contributed by atoms with E-state index in [1.807, 2.05) is 0 Å². The van der Waals surface area contributed by atoms with E-state index < -0.39 is 17.4 Å². The van der Waals surface area contributed by atoms with E-state index in [-0.39, 0.29) is 6.79 Å². The molecule has 0 atom stereocenters. The smallest absolute Gasteiger partial charge is 0.329 e. The van der Waals surface area contributed by atoms with Crippen LogP contribution in [0.25, 0.3) is 0 Å². The van der Waals surface area contributed by atoms with Gasteiger partial charge in [0.15, 0.2) is 11.5 Å². The zero-order chi connectivity index (χ0) is 15.0. The summed E-state index contributed by atoms with van der Waals surface area (Å²) in [7, 11) is 0. The van der Waals surface area contributed by atoms with Crippen molar-refractivity contribution in [3.8, 4) is 11.5 Å². The summed E-state index contributed by atoms with van der Waals surface area (Å²) in [6, 6.07) is 3.17. The number of ether oxygens (including phenoxy) is 2. The van der Waals surface area contributed by atoms with Gasteiger partial charge in [-0.1, -0.05) is 12.8 Å². The van der Waals surface area contributed by atoms with Gasteiger partial charge in [-0.3, -0.25) is 4.79 Å². The van der Waals surface area contributed by atoms with Crippen LogP contribution in [0.3, 0.4) is 0 Å². The van der Waals surface area contributed by atoms with Gasteiger partial charge in [0.2, 0.25) is 6.79 Å². The largest absolute Gasteiger partial charge is 0.480 e. The molecule has 1 amide bonds. The van der Waals surface area contributed by atoms with Gasteiger partial charge in [0, 0.05) is 5.56 Å². The molecule has 1 aromatic rings. The van der Waals surface area contributed by atoms with Crippen LogP contribution in [0.4, 0.5) is 0 Å². The molecule has 1 aromatic carbocycles. The van der Waals surface area contributed by atoms with Crippen molar-refractivity contribution in [2.75, 3.05) is 6.79 Å². The highest BCUT2D eigenvalue weighted by atomic mass is 79.9. The maximum absolute atomic E-state index is 12.4. The van der Waals surface area contributed by atoms with E-state index in [4.69, 9.17) is 9.47 Å². The van der Waals surface area contributed by atoms with Gasteiger partial charge in [0.1, 0.15) is 5.54 Å². The zero-order valence-corrected chi connectivity index (χ0v) is 12.7. The topological polar surface area (TPSA) is 84.9 Å². The molecule has 0 radical (unpaired) electrons. The van der Waals surface area contributed by atoms with E-state index in [9.17, 15) is 14.7 Å². The van der Waals surface area contributed by atoms with Crippen molar-refractivity contribution < 1.29 is 24.2 Å². The molecule has 2 N–H and O–H groups in total. The summed E-state index contributed by atoms with van der Waals surface area (Å²) in [5.74, 6) is -0.364. The van der Waals surface area contributed by atoms with E-state index in [1.165, 1.54) is 0 Å². The van der Waals surface area contributed by atoms with Crippen LogP contribution in [0.15, 0.2) is 16.6 Å². The van der Waals surface area contributed by atoms with Crippen molar-refractivity contribution in [2.24, 2.45) is 0 Å². The minimum absolute atomic E-state index is 0.109. The molecule has 1 aliphatic heterocycles. The molecular weight excluding hydrogens is 342 g/mol. The Morgan fingerprint density at radius 3 is 2.62 bits per heavy atom. The van der Waals surface area contributed by atoms with Crippen LogP contribution in [-0.4, -0.2) is 29.3 Å². The Labute approximate surface area is 129 Å². The van der Waals surface area contributed by atoms with E-state index in [0.29, 0.717) is 34.4 Å². The monoisotopic (exact) mass is 355 g/mol. The van der Waals surface area contributed by atoms with Gasteiger partial charge in [0.05, 0.1) is 4.47 Å². The quantitative estimate of drug-likeness (QED) is 0.868. The molecule has 1 fully saturated rings. The molecule has 2 aliphatic rings. The number of benzene rings is 1. The number of carbonyl (C=O) groups is 2. The Balaban J connectivity index is 1.86. The predicted octanol–water partition coefficient (Wildman–Crippen LogP) is 2.30. The summed E-state index contributed by atoms with van der Waals surface area (Å²) in [6.45, 7) is 0.109. The molecule has 21 heavy (non-hydrogen) atoms. The molecule has 0 spiro atoms. The highest BCUT2D eigenvalue weighted by molar-refractivity contribution is 9.10. The fourth-order valence-electron chi connectivity index (χ4n) is 2.76. The predicted molar refractivity (Wildman–Crippen MR) is 76.6 cm³/mol. The summed E-state index contributed by atoms with van der Waals surface area (Å²) >= 11 is 3.32. The molecule has 7 heteroatoms. The number of hydrogen-bond acceptors (Lipinski definition) is 4. The Morgan fingerprint density at radius 2 is 1.95 bits per heavy atom. The lowest BCUT2D eigenvalue weighted by Crippen LogP contribution is -2.52. The molecule has 6 nitrogen and oxygen atoms in total. The number of aliphatic carboxylic acids is 1. The van der Waals surface area contributed by atoms with Gasteiger partial charge in [-0.15, -0.1) is 0 Å². The number of nitrogens with one attached hydrogen (secondary N) is 1. The lowest BCUT2D eigenvalue weighted by Gasteiger charge is -2.25. The van der Waals surface area contributed by atoms with Crippen molar-refractivity contribution in [3.63, 3.8) is 0 Å². The lowest BCUT2D eigenvalue weighted by molar-refractivity contribution is -0.144. The van der Waals surface area contributed by atoms with Gasteiger partial charge in [-0.25, -0.2) is 4.79 Å². The van der Waals surface area contributed by atoms with Gasteiger partial charge in [-0.05, 0) is 40.9 Å². The Bertz CT molecular complexity index is 610. The van der Waals surface area contributed by atoms with Crippen LogP contribution >= 0.6 is 15.9 Å². The second-order valence-electron chi connectivity index (χ2n) is 5.24. The molecular formula is C14H14BrNO5. The number of carboxylic acids is 1. The number of carboxylic acid groups (broad SMARTS) is 1. The first-order valence-electron chi connectivity index (χ1n) is 6.67. The summed E-state index contributed by atoms with van der Waals surface area (Å²) < 4.78 is 11.1. The molecule has 1 saturated carbocycles. The number of fused-ring (bicyclic) bond motifs is 1. The Hall–Kier alpha value is -1.76. The normalized spacial score (nSPS) is 18.5. The molecule has 1 aliphatic carbocycles. The van der Waals surface area contributed by atoms with Gasteiger partial charge in [0.25, 0.3) is 5.91 Å². The van der Waals surface area contributed by atoms with Crippen LogP contribution in [0.2, 0.25) is 0 Å². The maximum atomic E-state index is 12.4. The minimum atomic E-state index is -1.15. The second kappa shape index (κ2) is 5.22. The number of halogens is 1. The molecule has 0 bridgehead atoms. The first-order chi connectivity index (χ1) is 10.0. The van der Waals surface area contributed by atoms with Crippen LogP contribution < -0.4 is 14.8 Å². The zero-order valence-electron chi connectivity index (χ0n) is 11.1. The Kier molecular flexibility index (Phi) is 3.52. The van der Waals surface area contributed by atoms with E-state index in [1.54, 1.807) is 12.1 Å². The highest BCUT2D eigenvalue weighted by Crippen LogP contribution is 2.40. The fraction of sp³-hybridized carbons (Fsp3) is 0.429. The first-order valence-corrected chi connectivity index (χ1v) is 7.46. The summed E-state index contributed by atoms with van der Waals surface area (Å²) in [6.07, 6.45) is 2.52. The van der Waals surface area contributed by atoms with Crippen LogP contribution in [0.5, 0.6) is 11.5 Å². The van der Waals surface area contributed by atoms with Crippen molar-refractivity contribution in [3.05, 3.63) is 22.2 Å². The summed E-state index contributed by atoms with van der Waals surface area (Å²) in [4.78, 5) is 23.8. The standard InChI is InChI=1S/C14H14BrNO5/c15-9-5-8(6-10-11(9)21-7-20-10)12(17)16-14(13(18)19)3-1-2-4-14/h5-6H,1-4,7H2,(H,16,17)(H,18,19). The maximum Gasteiger partial charge on any atom is 0.329 e. The first kappa shape index (κ1) is 14.2. The number of hydrogen-bond donors (Lipinski definition) is 2. The molecule has 112 valence electrons. The second-order valence-corrected chi connectivity index (χ2v) is 6.09. The lowest BCUT2D eigenvalue weighted by atomic mass is 9.97. The molecule has 0 aromatic heterocycles. The highest BCUT2D eigenvalue weighted by Gasteiger charge is 2.42. The molecule has 1 heterocycles. The van der Waals surface area contributed by atoms with Crippen molar-refractivity contribution >= 4 is 27.8 Å². The number of amides is 1. The Morgan fingerprint density at radius 1 is 1.24 bits per heavy atom. The van der Waals surface area contributed by atoms with Gasteiger partial charge >= 0.3 is 5.97 Å². The van der Waals surface area contributed by atoms with Gasteiger partial charge < -0.3 is 19.9 Å². The van der Waals surface area contributed by atoms with E-state index in [0.717, 1.165) is 12.8 Å².